The molecular formula is C20H21F3NO5S2-. The van der Waals surface area contributed by atoms with Crippen molar-refractivity contribution < 1.29 is 35.1 Å². The number of halogens is 3. The smallest absolute Gasteiger partial charge is 0.416 e. The first-order chi connectivity index (χ1) is 14.3. The number of aromatic nitrogens is 1. The largest absolute Gasteiger partial charge is 0.772 e. The zero-order valence-electron chi connectivity index (χ0n) is 16.8. The van der Waals surface area contributed by atoms with Crippen LogP contribution in [0.1, 0.15) is 48.3 Å². The zero-order chi connectivity index (χ0) is 23.0. The molecule has 3 atom stereocenters. The summed E-state index contributed by atoms with van der Waals surface area (Å²) in [6.07, 6.45) is -3.82. The maximum atomic E-state index is 13.3. The Morgan fingerprint density at radius 2 is 2.03 bits per heavy atom. The molecule has 0 aliphatic carbocycles. The first-order valence-corrected chi connectivity index (χ1v) is 12.1. The Labute approximate surface area is 181 Å². The summed E-state index contributed by atoms with van der Waals surface area (Å²) < 4.78 is 92.0. The number of pyridine rings is 1. The fourth-order valence-electron chi connectivity index (χ4n) is 3.71. The first kappa shape index (κ1) is 23.8. The molecule has 3 rings (SSSR count). The van der Waals surface area contributed by atoms with Crippen molar-refractivity contribution in [3.63, 3.8) is 0 Å². The van der Waals surface area contributed by atoms with Crippen LogP contribution in [0.4, 0.5) is 13.2 Å². The van der Waals surface area contributed by atoms with Crippen LogP contribution in [0.15, 0.2) is 41.4 Å². The number of hydrogen-bond donors (Lipinski definition) is 0. The molecule has 0 N–H and O–H groups in total. The van der Waals surface area contributed by atoms with Gasteiger partial charge in [-0.25, -0.2) is 8.42 Å². The van der Waals surface area contributed by atoms with Crippen molar-refractivity contribution in [2.24, 2.45) is 0 Å². The molecule has 1 saturated heterocycles. The van der Waals surface area contributed by atoms with Crippen LogP contribution in [0, 0.1) is 6.92 Å². The van der Waals surface area contributed by atoms with Crippen molar-refractivity contribution >= 4 is 20.9 Å². The second-order valence-electron chi connectivity index (χ2n) is 7.79. The average molecular weight is 477 g/mol. The third-order valence-electron chi connectivity index (χ3n) is 5.45. The van der Waals surface area contributed by atoms with E-state index in [0.717, 1.165) is 12.1 Å². The molecule has 0 amide bonds. The van der Waals surface area contributed by atoms with Crippen molar-refractivity contribution in [2.45, 2.75) is 54.4 Å². The minimum atomic E-state index is -4.65. The van der Waals surface area contributed by atoms with Crippen molar-refractivity contribution in [2.75, 3.05) is 6.61 Å². The summed E-state index contributed by atoms with van der Waals surface area (Å²) in [7, 11) is -4.11. The third-order valence-corrected chi connectivity index (χ3v) is 8.56. The fraction of sp³-hybridized carbons (Fsp3) is 0.450. The van der Waals surface area contributed by atoms with E-state index in [1.807, 2.05) is 0 Å². The number of nitrogens with zero attached hydrogens (tertiary/aromatic N) is 1. The van der Waals surface area contributed by atoms with Crippen LogP contribution in [0.2, 0.25) is 0 Å². The molecule has 3 unspecified atom stereocenters. The number of benzene rings is 1. The van der Waals surface area contributed by atoms with E-state index in [9.17, 15) is 30.4 Å². The van der Waals surface area contributed by atoms with Crippen molar-refractivity contribution in [1.29, 1.82) is 0 Å². The van der Waals surface area contributed by atoms with Gasteiger partial charge in [0.05, 0.1) is 20.9 Å². The van der Waals surface area contributed by atoms with Crippen LogP contribution in [0.3, 0.4) is 0 Å². The topological polar surface area (TPSA) is 96.4 Å². The Morgan fingerprint density at radius 3 is 2.65 bits per heavy atom. The molecule has 2 heterocycles. The summed E-state index contributed by atoms with van der Waals surface area (Å²) in [4.78, 5) is 3.89. The Balaban J connectivity index is 1.92. The number of alkyl halides is 3. The normalized spacial score (nSPS) is 23.5. The lowest BCUT2D eigenvalue weighted by molar-refractivity contribution is -0.137. The van der Waals surface area contributed by atoms with Gasteiger partial charge >= 0.3 is 6.18 Å². The van der Waals surface area contributed by atoms with Gasteiger partial charge in [-0.1, -0.05) is 23.2 Å². The molecule has 170 valence electrons. The molecular weight excluding hydrogens is 455 g/mol. The predicted molar refractivity (Wildman–Crippen MR) is 107 cm³/mol. The fourth-order valence-corrected chi connectivity index (χ4v) is 5.97. The van der Waals surface area contributed by atoms with Crippen LogP contribution in [0.5, 0.6) is 0 Å². The number of sulfone groups is 1. The molecule has 1 aromatic carbocycles. The summed E-state index contributed by atoms with van der Waals surface area (Å²) >= 11 is -2.27. The highest BCUT2D eigenvalue weighted by atomic mass is 32.2. The van der Waals surface area contributed by atoms with E-state index in [0.29, 0.717) is 22.9 Å². The summed E-state index contributed by atoms with van der Waals surface area (Å²) in [5, 5.41) is 0. The van der Waals surface area contributed by atoms with E-state index in [-0.39, 0.29) is 30.1 Å². The lowest BCUT2D eigenvalue weighted by atomic mass is 9.93. The Hall–Kier alpha value is -1.82. The maximum Gasteiger partial charge on any atom is 0.416 e. The van der Waals surface area contributed by atoms with Crippen LogP contribution in [-0.2, 0) is 37.6 Å². The van der Waals surface area contributed by atoms with E-state index >= 15 is 0 Å². The molecule has 0 bridgehead atoms. The van der Waals surface area contributed by atoms with Crippen molar-refractivity contribution in [3.8, 4) is 0 Å². The lowest BCUT2D eigenvalue weighted by Gasteiger charge is -2.38. The van der Waals surface area contributed by atoms with Crippen molar-refractivity contribution in [1.82, 2.24) is 4.98 Å². The summed E-state index contributed by atoms with van der Waals surface area (Å²) in [5.74, 6) is -0.193. The molecule has 6 nitrogen and oxygen atoms in total. The quantitative estimate of drug-likeness (QED) is 0.608. The lowest BCUT2D eigenvalue weighted by Crippen LogP contribution is -2.42. The monoisotopic (exact) mass is 476 g/mol. The third kappa shape index (κ3) is 5.00. The molecule has 11 heteroatoms. The first-order valence-electron chi connectivity index (χ1n) is 9.38. The van der Waals surface area contributed by atoms with Gasteiger partial charge < -0.3 is 9.29 Å². The standard InChI is InChI=1S/C20H22F3NO5S2/c1-13-8-14(12-30(25)26)11-24-18(13)17-10-19(2,6-7-29-17)31(27,28)16-5-3-4-15(9-16)20(21,22)23/h3-5,8-9,11,17H,6-7,10,12H2,1-2H3,(H,25,26)/p-1. The Kier molecular flexibility index (Phi) is 6.62. The highest BCUT2D eigenvalue weighted by Crippen LogP contribution is 2.43. The summed E-state index contributed by atoms with van der Waals surface area (Å²) in [6.45, 7) is 3.31. The minimum absolute atomic E-state index is 0.00620. The second-order valence-corrected chi connectivity index (χ2v) is 11.1. The highest BCUT2D eigenvalue weighted by Gasteiger charge is 2.46. The van der Waals surface area contributed by atoms with E-state index in [1.54, 1.807) is 13.0 Å². The van der Waals surface area contributed by atoms with Gasteiger partial charge in [-0.2, -0.15) is 13.2 Å². The molecule has 0 spiro atoms. The Morgan fingerprint density at radius 1 is 1.32 bits per heavy atom. The van der Waals surface area contributed by atoms with Gasteiger partial charge in [-0.3, -0.25) is 9.19 Å². The van der Waals surface area contributed by atoms with E-state index < -0.39 is 43.5 Å². The Bertz CT molecular complexity index is 1100. The predicted octanol–water partition coefficient (Wildman–Crippen LogP) is 3.87. The number of hydrogen-bond acceptors (Lipinski definition) is 6. The second kappa shape index (κ2) is 8.61. The van der Waals surface area contributed by atoms with Gasteiger partial charge in [0, 0.05) is 18.6 Å². The SMILES string of the molecule is Cc1cc(CS(=O)[O-])cnc1C1CC(C)(S(=O)(=O)c2cccc(C(F)(F)F)c2)CCO1. The summed E-state index contributed by atoms with van der Waals surface area (Å²) in [5.41, 5.74) is 0.591. The molecule has 1 aliphatic rings. The molecule has 1 aliphatic heterocycles. The molecule has 1 fully saturated rings. The van der Waals surface area contributed by atoms with Crippen LogP contribution in [0.25, 0.3) is 0 Å². The van der Waals surface area contributed by atoms with Crippen molar-refractivity contribution in [3.05, 3.63) is 58.9 Å². The molecule has 31 heavy (non-hydrogen) atoms. The van der Waals surface area contributed by atoms with Crippen LogP contribution in [-0.4, -0.2) is 33.5 Å². The van der Waals surface area contributed by atoms with E-state index in [2.05, 4.69) is 4.98 Å². The molecule has 0 saturated carbocycles. The number of aryl methyl sites for hydroxylation is 1. The van der Waals surface area contributed by atoms with Crippen LogP contribution < -0.4 is 0 Å². The molecule has 0 radical (unpaired) electrons. The number of ether oxygens (including phenoxy) is 1. The zero-order valence-corrected chi connectivity index (χ0v) is 18.4. The summed E-state index contributed by atoms with van der Waals surface area (Å²) in [6, 6.07) is 5.39. The van der Waals surface area contributed by atoms with Gasteiger partial charge in [-0.15, -0.1) is 0 Å². The van der Waals surface area contributed by atoms with Gasteiger partial charge in [-0.05, 0) is 56.0 Å². The maximum absolute atomic E-state index is 13.3. The molecule has 1 aromatic heterocycles. The average Bonchev–Trinajstić information content (AvgIpc) is 2.67. The highest BCUT2D eigenvalue weighted by molar-refractivity contribution is 7.92. The van der Waals surface area contributed by atoms with Gasteiger partial charge in [0.25, 0.3) is 0 Å². The molecule has 2 aromatic rings. The van der Waals surface area contributed by atoms with Crippen LogP contribution >= 0.6 is 0 Å². The van der Waals surface area contributed by atoms with Gasteiger partial charge in [0.15, 0.2) is 9.84 Å². The van der Waals surface area contributed by atoms with E-state index in [4.69, 9.17) is 4.74 Å². The minimum Gasteiger partial charge on any atom is -0.772 e. The van der Waals surface area contributed by atoms with E-state index in [1.165, 1.54) is 19.2 Å². The van der Waals surface area contributed by atoms with Gasteiger partial charge in [0.1, 0.15) is 6.10 Å². The number of rotatable bonds is 5. The van der Waals surface area contributed by atoms with Gasteiger partial charge in [0.2, 0.25) is 0 Å².